The summed E-state index contributed by atoms with van der Waals surface area (Å²) in [4.78, 5) is 13.1. The second-order valence-corrected chi connectivity index (χ2v) is 17.5. The number of hydrogen-bond acceptors (Lipinski definition) is 11. The van der Waals surface area contributed by atoms with Crippen LogP contribution in [-0.2, 0) is 28.9 Å². The predicted octanol–water partition coefficient (Wildman–Crippen LogP) is 8.08. The van der Waals surface area contributed by atoms with Crippen LogP contribution < -0.4 is 5.32 Å². The highest BCUT2D eigenvalue weighted by molar-refractivity contribution is 7.80. The Kier molecular flexibility index (Phi) is 34.5. The van der Waals surface area contributed by atoms with Gasteiger partial charge in [0.1, 0.15) is 30.5 Å². The summed E-state index contributed by atoms with van der Waals surface area (Å²) in [7, 11) is -5.12. The zero-order valence-electron chi connectivity index (χ0n) is 37.1. The van der Waals surface area contributed by atoms with E-state index in [0.717, 1.165) is 44.9 Å². The summed E-state index contributed by atoms with van der Waals surface area (Å²) in [6, 6.07) is -1.14. The zero-order valence-corrected chi connectivity index (χ0v) is 37.9. The number of nitrogens with one attached hydrogen (secondary N) is 1. The monoisotopic (exact) mass is 876 g/mol. The van der Waals surface area contributed by atoms with E-state index in [1.54, 1.807) is 6.08 Å². The molecule has 0 aromatic heterocycles. The smallest absolute Gasteiger partial charge is 0.394 e. The van der Waals surface area contributed by atoms with E-state index in [4.69, 9.17) is 14.0 Å². The van der Waals surface area contributed by atoms with Gasteiger partial charge in [-0.1, -0.05) is 185 Å². The van der Waals surface area contributed by atoms with Crippen LogP contribution in [-0.4, -0.2) is 107 Å². The Bertz CT molecular complexity index is 1230. The maximum atomic E-state index is 13.1. The van der Waals surface area contributed by atoms with Gasteiger partial charge in [0.15, 0.2) is 6.29 Å². The summed E-state index contributed by atoms with van der Waals surface area (Å²) in [5.74, 6) is -0.717. The number of allylic oxidation sites excluding steroid dienone is 5. The number of aliphatic hydroxyl groups excluding tert-OH is 5. The quantitative estimate of drug-likeness (QED) is 0.0178. The van der Waals surface area contributed by atoms with Crippen molar-refractivity contribution in [1.29, 1.82) is 0 Å². The van der Waals surface area contributed by atoms with Crippen LogP contribution in [0.4, 0.5) is 0 Å². The lowest BCUT2D eigenvalue weighted by molar-refractivity contribution is -0.298. The van der Waals surface area contributed by atoms with E-state index >= 15 is 0 Å². The molecule has 8 unspecified atom stereocenters. The molecule has 0 aromatic carbocycles. The molecule has 0 saturated carbocycles. The van der Waals surface area contributed by atoms with Crippen LogP contribution in [0.5, 0.6) is 0 Å². The first-order valence-electron chi connectivity index (χ1n) is 23.5. The summed E-state index contributed by atoms with van der Waals surface area (Å²) >= 11 is 0. The molecule has 1 fully saturated rings. The van der Waals surface area contributed by atoms with Gasteiger partial charge in [0.2, 0.25) is 5.91 Å². The highest BCUT2D eigenvalue weighted by Crippen LogP contribution is 2.26. The van der Waals surface area contributed by atoms with E-state index in [9.17, 15) is 38.7 Å². The fourth-order valence-electron chi connectivity index (χ4n) is 7.32. The fourth-order valence-corrected chi connectivity index (χ4v) is 7.83. The highest BCUT2D eigenvalue weighted by atomic mass is 32.3. The van der Waals surface area contributed by atoms with Crippen molar-refractivity contribution in [2.45, 2.75) is 236 Å². The van der Waals surface area contributed by atoms with Gasteiger partial charge in [-0.05, 0) is 38.5 Å². The minimum atomic E-state index is -5.12. The summed E-state index contributed by atoms with van der Waals surface area (Å²) < 4.78 is 47.4. The van der Waals surface area contributed by atoms with E-state index < -0.39 is 78.5 Å². The van der Waals surface area contributed by atoms with Gasteiger partial charge in [0, 0.05) is 0 Å². The molecule has 0 bridgehead atoms. The van der Waals surface area contributed by atoms with Crippen molar-refractivity contribution in [2.75, 3.05) is 13.2 Å². The van der Waals surface area contributed by atoms with Gasteiger partial charge in [0.25, 0.3) is 0 Å². The van der Waals surface area contributed by atoms with Gasteiger partial charge < -0.3 is 40.3 Å². The van der Waals surface area contributed by atoms with Crippen LogP contribution in [0, 0.1) is 0 Å². The Morgan fingerprint density at radius 2 is 1.13 bits per heavy atom. The summed E-state index contributed by atoms with van der Waals surface area (Å²) in [5, 5.41) is 55.0. The van der Waals surface area contributed by atoms with Crippen molar-refractivity contribution in [2.24, 2.45) is 0 Å². The third kappa shape index (κ3) is 28.8. The standard InChI is InChI=1S/C46H85NO12S/c1-3-5-7-9-11-13-15-16-17-18-19-20-21-22-23-24-25-27-29-31-33-35-40(50)45(53)47-38(39(49)34-32-30-28-26-14-12-10-8-6-4-2)37-57-46-43(52)44(59-60(54,55)56)42(51)41(36-48)58-46/h6,8,14,26,32,34,38-44,46,48-52H,3-5,7,9-13,15-25,27-31,33,35-37H2,1-2H3,(H,47,53)(H,54,55,56)/b8-6+,26-14+,34-32+. The van der Waals surface area contributed by atoms with E-state index in [1.807, 2.05) is 0 Å². The highest BCUT2D eigenvalue weighted by Gasteiger charge is 2.48. The summed E-state index contributed by atoms with van der Waals surface area (Å²) in [6.07, 6.45) is 31.2. The first-order chi connectivity index (χ1) is 28.9. The van der Waals surface area contributed by atoms with Crippen molar-refractivity contribution >= 4 is 16.3 Å². The number of ether oxygens (including phenoxy) is 2. The zero-order chi connectivity index (χ0) is 44.3. The van der Waals surface area contributed by atoms with E-state index in [0.29, 0.717) is 12.8 Å². The van der Waals surface area contributed by atoms with Crippen LogP contribution in [0.1, 0.15) is 187 Å². The molecule has 1 amide bonds. The van der Waals surface area contributed by atoms with Gasteiger partial charge >= 0.3 is 10.4 Å². The number of rotatable bonds is 39. The normalized spacial score (nSPS) is 21.6. The van der Waals surface area contributed by atoms with Gasteiger partial charge in [-0.2, -0.15) is 8.42 Å². The number of amides is 1. The Morgan fingerprint density at radius 1 is 0.683 bits per heavy atom. The van der Waals surface area contributed by atoms with Crippen molar-refractivity contribution in [3.63, 3.8) is 0 Å². The molecule has 13 nitrogen and oxygen atoms in total. The summed E-state index contributed by atoms with van der Waals surface area (Å²) in [5.41, 5.74) is 0. The predicted molar refractivity (Wildman–Crippen MR) is 238 cm³/mol. The van der Waals surface area contributed by atoms with Crippen LogP contribution >= 0.6 is 0 Å². The number of carbonyl (C=O) groups is 1. The lowest BCUT2D eigenvalue weighted by Crippen LogP contribution is -2.61. The average molecular weight is 876 g/mol. The molecule has 8 atom stereocenters. The largest absolute Gasteiger partial charge is 0.397 e. The van der Waals surface area contributed by atoms with Gasteiger partial charge in [0.05, 0.1) is 25.4 Å². The van der Waals surface area contributed by atoms with Crippen molar-refractivity contribution in [3.8, 4) is 0 Å². The number of aliphatic hydroxyl groups is 5. The molecule has 1 saturated heterocycles. The van der Waals surface area contributed by atoms with Crippen molar-refractivity contribution in [1.82, 2.24) is 5.32 Å². The van der Waals surface area contributed by atoms with Crippen LogP contribution in [0.3, 0.4) is 0 Å². The Morgan fingerprint density at radius 3 is 1.58 bits per heavy atom. The van der Waals surface area contributed by atoms with E-state index in [-0.39, 0.29) is 6.42 Å². The maximum absolute atomic E-state index is 13.1. The lowest BCUT2D eigenvalue weighted by Gasteiger charge is -2.41. The van der Waals surface area contributed by atoms with Crippen molar-refractivity contribution < 1.29 is 57.0 Å². The molecule has 1 aliphatic rings. The fraction of sp³-hybridized carbons (Fsp3) is 0.848. The molecule has 60 heavy (non-hydrogen) atoms. The van der Waals surface area contributed by atoms with Crippen LogP contribution in [0.25, 0.3) is 0 Å². The van der Waals surface area contributed by atoms with Gasteiger partial charge in [-0.25, -0.2) is 4.18 Å². The third-order valence-electron chi connectivity index (χ3n) is 11.0. The molecule has 1 heterocycles. The molecular formula is C46H85NO12S. The average Bonchev–Trinajstić information content (AvgIpc) is 3.22. The Labute approximate surface area is 363 Å². The second kappa shape index (κ2) is 36.7. The van der Waals surface area contributed by atoms with E-state index in [2.05, 4.69) is 47.7 Å². The van der Waals surface area contributed by atoms with Crippen LogP contribution in [0.15, 0.2) is 36.5 Å². The van der Waals surface area contributed by atoms with Gasteiger partial charge in [-0.3, -0.25) is 9.35 Å². The SMILES string of the molecule is CC/C=C/CC/C=C/CC/C=C/C(O)C(COC1OC(CO)C(O)C(OS(=O)(=O)O)C1O)NC(=O)C(O)CCCCCCCCCCCCCCCCCCCCCCC. The van der Waals surface area contributed by atoms with Gasteiger partial charge in [-0.15, -0.1) is 0 Å². The topological polar surface area (TPSA) is 212 Å². The molecule has 0 aromatic rings. The third-order valence-corrected chi connectivity index (χ3v) is 11.5. The van der Waals surface area contributed by atoms with E-state index in [1.165, 1.54) is 115 Å². The Hall–Kier alpha value is -1.72. The number of hydrogen-bond donors (Lipinski definition) is 7. The second-order valence-electron chi connectivity index (χ2n) is 16.4. The molecule has 0 spiro atoms. The Balaban J connectivity index is 2.48. The molecule has 0 aliphatic carbocycles. The molecule has 352 valence electrons. The molecule has 1 rings (SSSR count). The first kappa shape index (κ1) is 56.3. The minimum Gasteiger partial charge on any atom is -0.394 e. The molecule has 0 radical (unpaired) electrons. The molecular weight excluding hydrogens is 791 g/mol. The maximum Gasteiger partial charge on any atom is 0.397 e. The van der Waals surface area contributed by atoms with Crippen LogP contribution in [0.2, 0.25) is 0 Å². The lowest BCUT2D eigenvalue weighted by atomic mass is 9.99. The van der Waals surface area contributed by atoms with Crippen molar-refractivity contribution in [3.05, 3.63) is 36.5 Å². The molecule has 14 heteroatoms. The number of unbranched alkanes of at least 4 members (excludes halogenated alkanes) is 22. The summed E-state index contributed by atoms with van der Waals surface area (Å²) in [6.45, 7) is 3.07. The first-order valence-corrected chi connectivity index (χ1v) is 24.8. The molecule has 1 aliphatic heterocycles. The molecule has 7 N–H and O–H groups in total. The number of carbonyl (C=O) groups excluding carboxylic acids is 1. The minimum absolute atomic E-state index is 0.236.